The van der Waals surface area contributed by atoms with Crippen LogP contribution in [0.3, 0.4) is 0 Å². The molecule has 22 heavy (non-hydrogen) atoms. The number of aryl methyl sites for hydroxylation is 1. The van der Waals surface area contributed by atoms with Gasteiger partial charge in [0.05, 0.1) is 10.9 Å². The summed E-state index contributed by atoms with van der Waals surface area (Å²) in [5.74, 6) is -0.452. The van der Waals surface area contributed by atoms with Crippen LogP contribution in [-0.2, 0) is 0 Å². The van der Waals surface area contributed by atoms with E-state index in [9.17, 15) is 9.18 Å². The predicted molar refractivity (Wildman–Crippen MR) is 79.2 cm³/mol. The third-order valence-electron chi connectivity index (χ3n) is 3.55. The Morgan fingerprint density at radius 2 is 1.91 bits per heavy atom. The van der Waals surface area contributed by atoms with E-state index in [0.29, 0.717) is 11.2 Å². The van der Waals surface area contributed by atoms with Crippen molar-refractivity contribution in [3.8, 4) is 11.3 Å². The van der Waals surface area contributed by atoms with E-state index in [1.807, 2.05) is 31.2 Å². The molecular weight excluding hydrogens is 285 g/mol. The van der Waals surface area contributed by atoms with Crippen LogP contribution in [0, 0.1) is 12.7 Å². The molecule has 2 heterocycles. The number of fused-ring (bicyclic) bond motifs is 3. The first kappa shape index (κ1) is 12.7. The highest BCUT2D eigenvalue weighted by molar-refractivity contribution is 5.82. The molecule has 4 aromatic rings. The van der Waals surface area contributed by atoms with Gasteiger partial charge in [0.2, 0.25) is 0 Å². The van der Waals surface area contributed by atoms with E-state index in [1.54, 1.807) is 0 Å². The molecule has 2 aromatic heterocycles. The Morgan fingerprint density at radius 1 is 1.14 bits per heavy atom. The van der Waals surface area contributed by atoms with E-state index in [1.165, 1.54) is 22.7 Å². The summed E-state index contributed by atoms with van der Waals surface area (Å²) in [4.78, 5) is 12.1. The number of rotatable bonds is 1. The Bertz CT molecular complexity index is 1060. The molecule has 108 valence electrons. The van der Waals surface area contributed by atoms with Crippen molar-refractivity contribution in [2.75, 3.05) is 0 Å². The molecule has 0 fully saturated rings. The first-order chi connectivity index (χ1) is 10.6. The predicted octanol–water partition coefficient (Wildman–Crippen LogP) is 2.95. The molecule has 0 aliphatic heterocycles. The van der Waals surface area contributed by atoms with Crippen molar-refractivity contribution < 1.29 is 8.81 Å². The minimum atomic E-state index is -0.543. The zero-order chi connectivity index (χ0) is 15.3. The summed E-state index contributed by atoms with van der Waals surface area (Å²) in [7, 11) is 0. The van der Waals surface area contributed by atoms with Gasteiger partial charge in [-0.1, -0.05) is 35.0 Å². The van der Waals surface area contributed by atoms with Gasteiger partial charge in [-0.25, -0.2) is 9.18 Å². The molecule has 0 N–H and O–H groups in total. The van der Waals surface area contributed by atoms with Crippen LogP contribution in [0.1, 0.15) is 5.56 Å². The summed E-state index contributed by atoms with van der Waals surface area (Å²) in [6.07, 6.45) is 0. The minimum absolute atomic E-state index is 0.201. The van der Waals surface area contributed by atoms with Crippen LogP contribution in [0.5, 0.6) is 0 Å². The number of aromatic nitrogens is 3. The fourth-order valence-corrected chi connectivity index (χ4v) is 2.41. The highest BCUT2D eigenvalue weighted by Gasteiger charge is 2.16. The fraction of sp³-hybridized carbons (Fsp3) is 0.0625. The van der Waals surface area contributed by atoms with Gasteiger partial charge in [-0.15, -0.1) is 5.10 Å². The van der Waals surface area contributed by atoms with Crippen molar-refractivity contribution in [1.82, 2.24) is 14.8 Å². The molecule has 0 spiro atoms. The third-order valence-corrected chi connectivity index (χ3v) is 3.55. The largest absolute Gasteiger partial charge is 0.401 e. The quantitative estimate of drug-likeness (QED) is 0.541. The summed E-state index contributed by atoms with van der Waals surface area (Å²) < 4.78 is 20.1. The van der Waals surface area contributed by atoms with Gasteiger partial charge >= 0.3 is 5.63 Å². The average molecular weight is 295 g/mol. The molecule has 2 aromatic carbocycles. The Kier molecular flexibility index (Phi) is 2.59. The molecule has 4 rings (SSSR count). The van der Waals surface area contributed by atoms with E-state index >= 15 is 0 Å². The molecule has 0 radical (unpaired) electrons. The molecule has 0 saturated carbocycles. The van der Waals surface area contributed by atoms with Gasteiger partial charge < -0.3 is 4.42 Å². The topological polar surface area (TPSA) is 60.4 Å². The lowest BCUT2D eigenvalue weighted by atomic mass is 10.1. The number of nitrogens with zero attached hydrogens (tertiary/aromatic N) is 3. The van der Waals surface area contributed by atoms with Gasteiger partial charge in [0.25, 0.3) is 5.71 Å². The van der Waals surface area contributed by atoms with Gasteiger partial charge in [0.15, 0.2) is 5.69 Å². The maximum absolute atomic E-state index is 13.5. The Morgan fingerprint density at radius 3 is 2.68 bits per heavy atom. The summed E-state index contributed by atoms with van der Waals surface area (Å²) in [6, 6.07) is 11.4. The average Bonchev–Trinajstić information content (AvgIpc) is 2.92. The molecular formula is C16H10FN3O2. The van der Waals surface area contributed by atoms with Crippen LogP contribution in [0.25, 0.3) is 27.9 Å². The minimum Gasteiger partial charge on any atom is -0.401 e. The normalized spacial score (nSPS) is 11.4. The van der Waals surface area contributed by atoms with Crippen LogP contribution in [-0.4, -0.2) is 14.8 Å². The highest BCUT2D eigenvalue weighted by Crippen LogP contribution is 2.24. The summed E-state index contributed by atoms with van der Waals surface area (Å²) in [6.45, 7) is 1.98. The summed E-state index contributed by atoms with van der Waals surface area (Å²) in [5.41, 5.74) is 2.32. The highest BCUT2D eigenvalue weighted by atomic mass is 19.1. The summed E-state index contributed by atoms with van der Waals surface area (Å²) >= 11 is 0. The SMILES string of the molecule is Cc1ccc(-c2nnn3c2oc(=O)c2ccc(F)cc23)cc1. The monoisotopic (exact) mass is 295 g/mol. The maximum atomic E-state index is 13.5. The van der Waals surface area contributed by atoms with Gasteiger partial charge in [0.1, 0.15) is 5.82 Å². The smallest absolute Gasteiger partial charge is 0.347 e. The van der Waals surface area contributed by atoms with Gasteiger partial charge in [-0.05, 0) is 19.1 Å². The second kappa shape index (κ2) is 4.49. The number of halogens is 1. The molecule has 0 amide bonds. The van der Waals surface area contributed by atoms with Crippen molar-refractivity contribution in [3.63, 3.8) is 0 Å². The molecule has 0 bridgehead atoms. The Hall–Kier alpha value is -3.02. The van der Waals surface area contributed by atoms with Gasteiger partial charge in [-0.2, -0.15) is 4.52 Å². The Labute approximate surface area is 123 Å². The number of hydrogen-bond acceptors (Lipinski definition) is 4. The van der Waals surface area contributed by atoms with Crippen LogP contribution in [0.2, 0.25) is 0 Å². The molecule has 6 heteroatoms. The first-order valence-corrected chi connectivity index (χ1v) is 6.68. The lowest BCUT2D eigenvalue weighted by molar-refractivity contribution is 0.542. The van der Waals surface area contributed by atoms with Crippen molar-refractivity contribution in [2.45, 2.75) is 6.92 Å². The van der Waals surface area contributed by atoms with Crippen LogP contribution in [0.15, 0.2) is 51.7 Å². The van der Waals surface area contributed by atoms with Crippen molar-refractivity contribution >= 4 is 16.6 Å². The molecule has 0 unspecified atom stereocenters. The zero-order valence-electron chi connectivity index (χ0n) is 11.6. The van der Waals surface area contributed by atoms with Crippen molar-refractivity contribution in [3.05, 3.63) is 64.3 Å². The van der Waals surface area contributed by atoms with E-state index in [4.69, 9.17) is 4.42 Å². The number of hydrogen-bond donors (Lipinski definition) is 0. The second-order valence-corrected chi connectivity index (χ2v) is 5.07. The van der Waals surface area contributed by atoms with Crippen LogP contribution in [0.4, 0.5) is 4.39 Å². The lowest BCUT2D eigenvalue weighted by Crippen LogP contribution is -2.04. The Balaban J connectivity index is 2.09. The summed E-state index contributed by atoms with van der Waals surface area (Å²) in [5, 5.41) is 8.33. The lowest BCUT2D eigenvalue weighted by Gasteiger charge is -2.00. The fourth-order valence-electron chi connectivity index (χ4n) is 2.41. The van der Waals surface area contributed by atoms with Crippen LogP contribution >= 0.6 is 0 Å². The van der Waals surface area contributed by atoms with Gasteiger partial charge in [-0.3, -0.25) is 0 Å². The zero-order valence-corrected chi connectivity index (χ0v) is 11.6. The first-order valence-electron chi connectivity index (χ1n) is 6.68. The molecule has 5 nitrogen and oxygen atoms in total. The van der Waals surface area contributed by atoms with E-state index in [-0.39, 0.29) is 11.1 Å². The van der Waals surface area contributed by atoms with Gasteiger partial charge in [0, 0.05) is 11.6 Å². The maximum Gasteiger partial charge on any atom is 0.347 e. The second-order valence-electron chi connectivity index (χ2n) is 5.07. The standard InChI is InChI=1S/C16H10FN3O2/c1-9-2-4-10(5-3-9)14-15-20(19-18-14)13-8-11(17)6-7-12(13)16(21)22-15/h2-8H,1H3. The molecule has 0 atom stereocenters. The van der Waals surface area contributed by atoms with E-state index in [2.05, 4.69) is 10.3 Å². The molecule has 0 aliphatic carbocycles. The number of benzene rings is 2. The van der Waals surface area contributed by atoms with E-state index in [0.717, 1.165) is 11.1 Å². The van der Waals surface area contributed by atoms with Crippen LogP contribution < -0.4 is 5.63 Å². The van der Waals surface area contributed by atoms with E-state index < -0.39 is 11.4 Å². The molecule has 0 saturated heterocycles. The third kappa shape index (κ3) is 1.81. The van der Waals surface area contributed by atoms with Crippen molar-refractivity contribution in [2.24, 2.45) is 0 Å². The molecule has 0 aliphatic rings. The van der Waals surface area contributed by atoms with Crippen molar-refractivity contribution in [1.29, 1.82) is 0 Å².